The molecule has 2 nitrogen and oxygen atoms in total. The van der Waals surface area contributed by atoms with Gasteiger partial charge in [-0.3, -0.25) is 0 Å². The average molecular weight is 562 g/mol. The second-order valence-corrected chi connectivity index (χ2v) is 10.9. The van der Waals surface area contributed by atoms with E-state index in [4.69, 9.17) is 23.2 Å². The monoisotopic (exact) mass is 562 g/mol. The third-order valence-electron chi connectivity index (χ3n) is 5.11. The topological polar surface area (TPSA) is 34.1 Å². The number of carbonyl (C=O) groups excluding carboxylic acids is 2. The van der Waals surface area contributed by atoms with Crippen LogP contribution in [0.2, 0.25) is 10.0 Å². The molecule has 0 saturated heterocycles. The Morgan fingerprint density at radius 1 is 0.514 bits per heavy atom. The molecular formula is C30H20Cl2O2Se. The van der Waals surface area contributed by atoms with Crippen LogP contribution in [0.4, 0.5) is 0 Å². The molecule has 4 rings (SSSR count). The van der Waals surface area contributed by atoms with Gasteiger partial charge < -0.3 is 0 Å². The first-order chi connectivity index (χ1) is 17.0. The van der Waals surface area contributed by atoms with E-state index in [0.29, 0.717) is 21.2 Å². The van der Waals surface area contributed by atoms with Gasteiger partial charge in [-0.15, -0.1) is 0 Å². The van der Waals surface area contributed by atoms with Crippen LogP contribution in [0, 0.1) is 0 Å². The number of hydrogen-bond acceptors (Lipinski definition) is 2. The van der Waals surface area contributed by atoms with Crippen LogP contribution in [0.5, 0.6) is 0 Å². The molecule has 0 spiro atoms. The van der Waals surface area contributed by atoms with Crippen LogP contribution >= 0.6 is 23.2 Å². The minimum atomic E-state index is -0.0477. The maximum absolute atomic E-state index is 12.5. The molecule has 0 heterocycles. The molecular weight excluding hydrogens is 542 g/mol. The molecule has 0 aliphatic heterocycles. The van der Waals surface area contributed by atoms with Crippen molar-refractivity contribution in [2.24, 2.45) is 0 Å². The van der Waals surface area contributed by atoms with Gasteiger partial charge in [-0.2, -0.15) is 0 Å². The number of hydrogen-bond donors (Lipinski definition) is 0. The van der Waals surface area contributed by atoms with Crippen LogP contribution in [0.3, 0.4) is 0 Å². The molecule has 0 N–H and O–H groups in total. The molecule has 0 aliphatic rings. The number of rotatable bonds is 8. The maximum atomic E-state index is 12.5. The van der Waals surface area contributed by atoms with Gasteiger partial charge in [-0.25, -0.2) is 0 Å². The van der Waals surface area contributed by atoms with E-state index in [0.717, 1.165) is 20.1 Å². The summed E-state index contributed by atoms with van der Waals surface area (Å²) >= 11 is 11.9. The second-order valence-electron chi connectivity index (χ2n) is 7.65. The van der Waals surface area contributed by atoms with Crippen molar-refractivity contribution in [2.75, 3.05) is 0 Å². The molecule has 0 aliphatic carbocycles. The first-order valence-electron chi connectivity index (χ1n) is 10.8. The molecule has 35 heavy (non-hydrogen) atoms. The van der Waals surface area contributed by atoms with Gasteiger partial charge in [0.2, 0.25) is 0 Å². The first-order valence-corrected chi connectivity index (χ1v) is 13.3. The fourth-order valence-corrected chi connectivity index (χ4v) is 5.16. The zero-order chi connectivity index (χ0) is 24.6. The molecule has 0 bridgehead atoms. The van der Waals surface area contributed by atoms with Gasteiger partial charge in [0, 0.05) is 0 Å². The molecule has 0 radical (unpaired) electrons. The van der Waals surface area contributed by atoms with Gasteiger partial charge in [-0.1, -0.05) is 0 Å². The van der Waals surface area contributed by atoms with Crippen LogP contribution < -0.4 is 8.92 Å². The summed E-state index contributed by atoms with van der Waals surface area (Å²) in [5.74, 6) is -0.0953. The second kappa shape index (κ2) is 12.0. The zero-order valence-electron chi connectivity index (χ0n) is 18.5. The zero-order valence-corrected chi connectivity index (χ0v) is 21.8. The number of carbonyl (C=O) groups is 2. The molecule has 0 fully saturated rings. The molecule has 4 aromatic rings. The summed E-state index contributed by atoms with van der Waals surface area (Å²) in [6.07, 6.45) is 6.70. The average Bonchev–Trinajstić information content (AvgIpc) is 2.88. The number of ketones is 2. The Balaban J connectivity index is 1.34. The van der Waals surface area contributed by atoms with Gasteiger partial charge in [0.1, 0.15) is 0 Å². The Morgan fingerprint density at radius 2 is 0.857 bits per heavy atom. The standard InChI is InChI=1S/C30H20Cl2O2Se/c31-25-11-1-21(2-12-25)5-19-29(33)23-7-15-27(16-8-23)35-28-17-9-24(10-18-28)30(34)20-6-22-3-13-26(32)14-4-22/h1-20H/b19-5+,20-6+. The molecule has 0 atom stereocenters. The van der Waals surface area contributed by atoms with Crippen molar-refractivity contribution in [2.45, 2.75) is 0 Å². The molecule has 0 unspecified atom stereocenters. The van der Waals surface area contributed by atoms with E-state index in [2.05, 4.69) is 0 Å². The van der Waals surface area contributed by atoms with Crippen LogP contribution in [0.25, 0.3) is 12.2 Å². The first kappa shape index (κ1) is 24.9. The minimum absolute atomic E-state index is 0.0477. The number of allylic oxidation sites excluding steroid dienone is 2. The molecule has 0 aromatic heterocycles. The summed E-state index contributed by atoms with van der Waals surface area (Å²) in [4.78, 5) is 24.9. The Morgan fingerprint density at radius 3 is 1.20 bits per heavy atom. The van der Waals surface area contributed by atoms with Gasteiger partial charge in [0.15, 0.2) is 0 Å². The van der Waals surface area contributed by atoms with Crippen LogP contribution in [-0.2, 0) is 0 Å². The SMILES string of the molecule is O=C(/C=C/c1ccc(Cl)cc1)c1ccc([Se]c2ccc(C(=O)/C=C/c3ccc(Cl)cc3)cc2)cc1. The predicted octanol–water partition coefficient (Wildman–Crippen LogP) is 6.44. The van der Waals surface area contributed by atoms with Crippen molar-refractivity contribution in [1.82, 2.24) is 0 Å². The summed E-state index contributed by atoms with van der Waals surface area (Å²) in [7, 11) is 0. The van der Waals surface area contributed by atoms with E-state index < -0.39 is 0 Å². The summed E-state index contributed by atoms with van der Waals surface area (Å²) in [6.45, 7) is 0. The van der Waals surface area contributed by atoms with Crippen molar-refractivity contribution in [3.63, 3.8) is 0 Å². The molecule has 0 saturated carbocycles. The van der Waals surface area contributed by atoms with E-state index in [1.54, 1.807) is 48.6 Å². The Kier molecular flexibility index (Phi) is 8.52. The van der Waals surface area contributed by atoms with E-state index in [-0.39, 0.29) is 26.5 Å². The van der Waals surface area contributed by atoms with Crippen LogP contribution in [-0.4, -0.2) is 26.5 Å². The Hall–Kier alpha value is -3.20. The van der Waals surface area contributed by atoms with Crippen molar-refractivity contribution in [3.05, 3.63) is 142 Å². The molecule has 4 aromatic carbocycles. The van der Waals surface area contributed by atoms with Crippen molar-refractivity contribution < 1.29 is 9.59 Å². The summed E-state index contributed by atoms with van der Waals surface area (Å²) in [6, 6.07) is 30.0. The van der Waals surface area contributed by atoms with E-state index in [9.17, 15) is 9.59 Å². The molecule has 0 amide bonds. The summed E-state index contributed by atoms with van der Waals surface area (Å²) in [5.41, 5.74) is 3.13. The third kappa shape index (κ3) is 7.39. The van der Waals surface area contributed by atoms with Gasteiger partial charge >= 0.3 is 222 Å². The van der Waals surface area contributed by atoms with E-state index >= 15 is 0 Å². The van der Waals surface area contributed by atoms with Gasteiger partial charge in [0.05, 0.1) is 0 Å². The van der Waals surface area contributed by atoms with E-state index in [1.165, 1.54) is 0 Å². The van der Waals surface area contributed by atoms with Crippen LogP contribution in [0.15, 0.2) is 109 Å². The third-order valence-corrected chi connectivity index (χ3v) is 7.74. The van der Waals surface area contributed by atoms with Crippen molar-refractivity contribution in [1.29, 1.82) is 0 Å². The van der Waals surface area contributed by atoms with Gasteiger partial charge in [0.25, 0.3) is 0 Å². The quantitative estimate of drug-likeness (QED) is 0.141. The van der Waals surface area contributed by atoms with Gasteiger partial charge in [-0.05, 0) is 0 Å². The van der Waals surface area contributed by atoms with Crippen LogP contribution in [0.1, 0.15) is 31.8 Å². The molecule has 172 valence electrons. The fraction of sp³-hybridized carbons (Fsp3) is 0. The fourth-order valence-electron chi connectivity index (χ4n) is 3.19. The van der Waals surface area contributed by atoms with E-state index in [1.807, 2.05) is 72.8 Å². The number of halogens is 2. The van der Waals surface area contributed by atoms with Crippen molar-refractivity contribution >= 4 is 70.8 Å². The Bertz CT molecular complexity index is 1260. The Labute approximate surface area is 221 Å². The van der Waals surface area contributed by atoms with Crippen molar-refractivity contribution in [3.8, 4) is 0 Å². The molecule has 5 heteroatoms. The normalized spacial score (nSPS) is 11.3. The number of benzene rings is 4. The summed E-state index contributed by atoms with van der Waals surface area (Å²) in [5, 5.41) is 1.33. The predicted molar refractivity (Wildman–Crippen MR) is 148 cm³/mol. The summed E-state index contributed by atoms with van der Waals surface area (Å²) < 4.78 is 2.30.